The van der Waals surface area contributed by atoms with E-state index in [4.69, 9.17) is 10.5 Å². The third kappa shape index (κ3) is 3.22. The zero-order valence-corrected chi connectivity index (χ0v) is 11.0. The maximum atomic E-state index is 5.64. The highest BCUT2D eigenvalue weighted by atomic mass is 16.5. The molecule has 0 saturated carbocycles. The Labute approximate surface area is 104 Å². The quantitative estimate of drug-likeness (QED) is 0.848. The predicted octanol–water partition coefficient (Wildman–Crippen LogP) is 2.93. The van der Waals surface area contributed by atoms with E-state index in [9.17, 15) is 0 Å². The van der Waals surface area contributed by atoms with Crippen molar-refractivity contribution < 1.29 is 4.74 Å². The van der Waals surface area contributed by atoms with Crippen LogP contribution < -0.4 is 10.5 Å². The van der Waals surface area contributed by atoms with Crippen molar-refractivity contribution in [2.75, 3.05) is 13.2 Å². The minimum atomic E-state index is 0.351. The van der Waals surface area contributed by atoms with Crippen molar-refractivity contribution in [1.29, 1.82) is 0 Å². The molecule has 0 unspecified atom stereocenters. The molecule has 0 spiro atoms. The summed E-state index contributed by atoms with van der Waals surface area (Å²) in [6.07, 6.45) is 4.50. The zero-order chi connectivity index (χ0) is 12.3. The van der Waals surface area contributed by atoms with Crippen LogP contribution in [0, 0.1) is 5.41 Å². The summed E-state index contributed by atoms with van der Waals surface area (Å²) >= 11 is 0. The van der Waals surface area contributed by atoms with Gasteiger partial charge in [-0.25, -0.2) is 0 Å². The van der Waals surface area contributed by atoms with E-state index in [-0.39, 0.29) is 0 Å². The van der Waals surface area contributed by atoms with Gasteiger partial charge in [0, 0.05) is 6.42 Å². The average Bonchev–Trinajstić information content (AvgIpc) is 2.73. The van der Waals surface area contributed by atoms with Crippen LogP contribution >= 0.6 is 0 Å². The van der Waals surface area contributed by atoms with Crippen molar-refractivity contribution >= 4 is 0 Å². The Kier molecular flexibility index (Phi) is 3.72. The number of hydrogen-bond acceptors (Lipinski definition) is 2. The number of ether oxygens (including phenoxy) is 1. The Morgan fingerprint density at radius 2 is 2.12 bits per heavy atom. The SMILES string of the molecule is CC(C)(CCN)CCc1ccc2c(c1)CCO2. The topological polar surface area (TPSA) is 35.2 Å². The van der Waals surface area contributed by atoms with Gasteiger partial charge in [-0.1, -0.05) is 26.0 Å². The van der Waals surface area contributed by atoms with Crippen LogP contribution in [-0.4, -0.2) is 13.2 Å². The van der Waals surface area contributed by atoms with Gasteiger partial charge in [-0.2, -0.15) is 0 Å². The summed E-state index contributed by atoms with van der Waals surface area (Å²) < 4.78 is 5.52. The standard InChI is InChI=1S/C15H23NO/c1-15(2,8-9-16)7-5-12-3-4-14-13(11-12)6-10-17-14/h3-4,11H,5-10,16H2,1-2H3. The van der Waals surface area contributed by atoms with Gasteiger partial charge in [0.05, 0.1) is 6.61 Å². The van der Waals surface area contributed by atoms with Gasteiger partial charge in [-0.15, -0.1) is 0 Å². The van der Waals surface area contributed by atoms with Gasteiger partial charge < -0.3 is 10.5 Å². The summed E-state index contributed by atoms with van der Waals surface area (Å²) in [7, 11) is 0. The van der Waals surface area contributed by atoms with Crippen molar-refractivity contribution in [3.63, 3.8) is 0 Å². The molecule has 0 bridgehead atoms. The first-order valence-electron chi connectivity index (χ1n) is 6.55. The lowest BCUT2D eigenvalue weighted by molar-refractivity contribution is 0.313. The number of hydrogen-bond donors (Lipinski definition) is 1. The minimum absolute atomic E-state index is 0.351. The molecule has 0 fully saturated rings. The lowest BCUT2D eigenvalue weighted by Crippen LogP contribution is -2.17. The van der Waals surface area contributed by atoms with Crippen LogP contribution in [0.3, 0.4) is 0 Å². The Morgan fingerprint density at radius 1 is 1.29 bits per heavy atom. The molecule has 0 aliphatic carbocycles. The molecule has 94 valence electrons. The van der Waals surface area contributed by atoms with Crippen LogP contribution in [0.25, 0.3) is 0 Å². The highest BCUT2D eigenvalue weighted by Gasteiger charge is 2.17. The second-order valence-corrected chi connectivity index (χ2v) is 5.74. The molecule has 2 heteroatoms. The van der Waals surface area contributed by atoms with Crippen LogP contribution in [0.2, 0.25) is 0 Å². The third-order valence-electron chi connectivity index (χ3n) is 3.67. The minimum Gasteiger partial charge on any atom is -0.493 e. The lowest BCUT2D eigenvalue weighted by atomic mass is 9.83. The molecule has 2 rings (SSSR count). The Balaban J connectivity index is 1.95. The maximum absolute atomic E-state index is 5.64. The van der Waals surface area contributed by atoms with Gasteiger partial charge in [0.25, 0.3) is 0 Å². The molecule has 0 atom stereocenters. The Hall–Kier alpha value is -1.02. The number of fused-ring (bicyclic) bond motifs is 1. The van der Waals surface area contributed by atoms with E-state index in [1.165, 1.54) is 17.5 Å². The van der Waals surface area contributed by atoms with E-state index >= 15 is 0 Å². The zero-order valence-electron chi connectivity index (χ0n) is 11.0. The molecule has 1 aromatic carbocycles. The largest absolute Gasteiger partial charge is 0.493 e. The van der Waals surface area contributed by atoms with Crippen LogP contribution in [0.15, 0.2) is 18.2 Å². The number of rotatable bonds is 5. The molecule has 0 radical (unpaired) electrons. The van der Waals surface area contributed by atoms with Crippen molar-refractivity contribution in [2.45, 2.75) is 39.5 Å². The molecule has 0 saturated heterocycles. The first-order valence-corrected chi connectivity index (χ1v) is 6.55. The van der Waals surface area contributed by atoms with E-state index in [1.807, 2.05) is 0 Å². The van der Waals surface area contributed by atoms with Gasteiger partial charge in [0.1, 0.15) is 5.75 Å². The van der Waals surface area contributed by atoms with Gasteiger partial charge >= 0.3 is 0 Å². The molecule has 1 aromatic rings. The van der Waals surface area contributed by atoms with Gasteiger partial charge in [-0.3, -0.25) is 0 Å². The first kappa shape index (κ1) is 12.4. The van der Waals surface area contributed by atoms with Crippen molar-refractivity contribution in [3.05, 3.63) is 29.3 Å². The summed E-state index contributed by atoms with van der Waals surface area (Å²) in [5, 5.41) is 0. The van der Waals surface area contributed by atoms with Crippen LogP contribution in [0.5, 0.6) is 5.75 Å². The van der Waals surface area contributed by atoms with Gasteiger partial charge in [0.2, 0.25) is 0 Å². The van der Waals surface area contributed by atoms with Crippen molar-refractivity contribution in [3.8, 4) is 5.75 Å². The van der Waals surface area contributed by atoms with Crippen molar-refractivity contribution in [2.24, 2.45) is 11.1 Å². The fourth-order valence-electron chi connectivity index (χ4n) is 2.39. The van der Waals surface area contributed by atoms with Crippen molar-refractivity contribution in [1.82, 2.24) is 0 Å². The summed E-state index contributed by atoms with van der Waals surface area (Å²) in [6, 6.07) is 6.62. The molecule has 1 aliphatic rings. The fourth-order valence-corrected chi connectivity index (χ4v) is 2.39. The summed E-state index contributed by atoms with van der Waals surface area (Å²) in [4.78, 5) is 0. The van der Waals surface area contributed by atoms with E-state index in [0.717, 1.165) is 38.2 Å². The van der Waals surface area contributed by atoms with E-state index in [2.05, 4.69) is 32.0 Å². The van der Waals surface area contributed by atoms with Gasteiger partial charge in [-0.05, 0) is 48.4 Å². The summed E-state index contributed by atoms with van der Waals surface area (Å²) in [6.45, 7) is 6.23. The molecule has 1 aliphatic heterocycles. The first-order chi connectivity index (χ1) is 8.11. The van der Waals surface area contributed by atoms with E-state index < -0.39 is 0 Å². The monoisotopic (exact) mass is 233 g/mol. The Morgan fingerprint density at radius 3 is 2.88 bits per heavy atom. The molecule has 1 heterocycles. The molecule has 0 aromatic heterocycles. The highest BCUT2D eigenvalue weighted by Crippen LogP contribution is 2.29. The fraction of sp³-hybridized carbons (Fsp3) is 0.600. The van der Waals surface area contributed by atoms with Crippen LogP contribution in [-0.2, 0) is 12.8 Å². The second-order valence-electron chi connectivity index (χ2n) is 5.74. The Bertz CT molecular complexity index is 385. The second kappa shape index (κ2) is 5.09. The third-order valence-corrected chi connectivity index (χ3v) is 3.67. The molecule has 17 heavy (non-hydrogen) atoms. The summed E-state index contributed by atoms with van der Waals surface area (Å²) in [5.74, 6) is 1.08. The molecular formula is C15H23NO. The van der Waals surface area contributed by atoms with E-state index in [1.54, 1.807) is 0 Å². The molecule has 2 nitrogen and oxygen atoms in total. The lowest BCUT2D eigenvalue weighted by Gasteiger charge is -2.23. The number of nitrogens with two attached hydrogens (primary N) is 1. The van der Waals surface area contributed by atoms with Crippen LogP contribution in [0.4, 0.5) is 0 Å². The molecular weight excluding hydrogens is 210 g/mol. The van der Waals surface area contributed by atoms with E-state index in [0.29, 0.717) is 5.41 Å². The number of benzene rings is 1. The summed E-state index contributed by atoms with van der Waals surface area (Å²) in [5.41, 5.74) is 8.80. The molecule has 2 N–H and O–H groups in total. The maximum Gasteiger partial charge on any atom is 0.122 e. The predicted molar refractivity (Wildman–Crippen MR) is 71.4 cm³/mol. The van der Waals surface area contributed by atoms with Crippen LogP contribution in [0.1, 0.15) is 37.8 Å². The molecule has 0 amide bonds. The smallest absolute Gasteiger partial charge is 0.122 e. The normalized spacial score (nSPS) is 14.5. The average molecular weight is 233 g/mol. The highest BCUT2D eigenvalue weighted by molar-refractivity contribution is 5.39. The van der Waals surface area contributed by atoms with Gasteiger partial charge in [0.15, 0.2) is 0 Å². The number of aryl methyl sites for hydroxylation is 1.